The fourth-order valence-electron chi connectivity index (χ4n) is 3.13. The Kier molecular flexibility index (Phi) is 5.13. The molecule has 0 spiro atoms. The van der Waals surface area contributed by atoms with Crippen molar-refractivity contribution in [2.24, 2.45) is 5.92 Å². The molecule has 1 aromatic carbocycles. The summed E-state index contributed by atoms with van der Waals surface area (Å²) in [7, 11) is 0. The van der Waals surface area contributed by atoms with Gasteiger partial charge in [0.15, 0.2) is 0 Å². The number of piperidine rings is 1. The predicted molar refractivity (Wildman–Crippen MR) is 90.0 cm³/mol. The summed E-state index contributed by atoms with van der Waals surface area (Å²) in [5.41, 5.74) is 1.95. The van der Waals surface area contributed by atoms with E-state index in [-0.39, 0.29) is 5.91 Å². The third-order valence-corrected chi connectivity index (χ3v) is 4.37. The highest BCUT2D eigenvalue weighted by molar-refractivity contribution is 5.94. The molecule has 1 aromatic heterocycles. The minimum atomic E-state index is -0.0699. The summed E-state index contributed by atoms with van der Waals surface area (Å²) < 4.78 is 5.21. The number of benzene rings is 1. The lowest BCUT2D eigenvalue weighted by atomic mass is 9.99. The lowest BCUT2D eigenvalue weighted by Crippen LogP contribution is -2.33. The third kappa shape index (κ3) is 4.45. The first kappa shape index (κ1) is 15.8. The van der Waals surface area contributed by atoms with E-state index in [4.69, 9.17) is 4.42 Å². The van der Waals surface area contributed by atoms with E-state index in [1.54, 1.807) is 6.26 Å². The van der Waals surface area contributed by atoms with Crippen LogP contribution in [0.4, 0.5) is 0 Å². The van der Waals surface area contributed by atoms with Crippen LogP contribution in [0.3, 0.4) is 0 Å². The molecule has 0 radical (unpaired) electrons. The number of carbonyl (C=O) groups excluding carboxylic acids is 1. The average Bonchev–Trinajstić information content (AvgIpc) is 3.07. The van der Waals surface area contributed by atoms with Crippen molar-refractivity contribution in [3.63, 3.8) is 0 Å². The van der Waals surface area contributed by atoms with Gasteiger partial charge in [-0.05, 0) is 55.1 Å². The number of hydrogen-bond donors (Lipinski definition) is 1. The Labute approximate surface area is 137 Å². The van der Waals surface area contributed by atoms with Crippen molar-refractivity contribution < 1.29 is 9.21 Å². The van der Waals surface area contributed by atoms with Gasteiger partial charge in [0, 0.05) is 18.7 Å². The number of nitrogens with zero attached hydrogens (tertiary/aromatic N) is 1. The predicted octanol–water partition coefficient (Wildman–Crippen LogP) is 3.44. The molecule has 4 heteroatoms. The molecule has 2 aromatic rings. The van der Waals surface area contributed by atoms with E-state index in [1.165, 1.54) is 31.5 Å². The van der Waals surface area contributed by atoms with Crippen LogP contribution in [0.2, 0.25) is 0 Å². The Hall–Kier alpha value is -2.07. The average molecular weight is 312 g/mol. The maximum absolute atomic E-state index is 12.1. The molecule has 1 N–H and O–H groups in total. The topological polar surface area (TPSA) is 45.5 Å². The Morgan fingerprint density at radius 2 is 2.13 bits per heavy atom. The van der Waals surface area contributed by atoms with Gasteiger partial charge >= 0.3 is 0 Å². The van der Waals surface area contributed by atoms with Crippen LogP contribution in [0, 0.1) is 5.92 Å². The fourth-order valence-corrected chi connectivity index (χ4v) is 3.13. The molecule has 2 heterocycles. The monoisotopic (exact) mass is 312 g/mol. The van der Waals surface area contributed by atoms with Crippen molar-refractivity contribution in [2.45, 2.75) is 32.9 Å². The van der Waals surface area contributed by atoms with Gasteiger partial charge in [-0.1, -0.05) is 19.1 Å². The van der Waals surface area contributed by atoms with Crippen LogP contribution in [0.15, 0.2) is 47.1 Å². The van der Waals surface area contributed by atoms with E-state index in [2.05, 4.69) is 29.3 Å². The third-order valence-electron chi connectivity index (χ3n) is 4.37. The summed E-state index contributed by atoms with van der Waals surface area (Å²) in [5.74, 6) is 1.48. The van der Waals surface area contributed by atoms with Crippen LogP contribution < -0.4 is 5.32 Å². The van der Waals surface area contributed by atoms with Crippen LogP contribution in [0.1, 0.15) is 41.4 Å². The summed E-state index contributed by atoms with van der Waals surface area (Å²) in [6.07, 6.45) is 4.23. The Morgan fingerprint density at radius 1 is 1.30 bits per heavy atom. The van der Waals surface area contributed by atoms with Gasteiger partial charge in [-0.2, -0.15) is 0 Å². The van der Waals surface area contributed by atoms with Crippen LogP contribution in [-0.2, 0) is 13.1 Å². The van der Waals surface area contributed by atoms with Gasteiger partial charge in [-0.3, -0.25) is 9.69 Å². The first-order valence-electron chi connectivity index (χ1n) is 8.32. The molecule has 1 amide bonds. The Morgan fingerprint density at radius 3 is 2.83 bits per heavy atom. The van der Waals surface area contributed by atoms with Crippen molar-refractivity contribution in [2.75, 3.05) is 13.1 Å². The van der Waals surface area contributed by atoms with Gasteiger partial charge in [0.05, 0.1) is 12.8 Å². The molecule has 1 aliphatic heterocycles. The van der Waals surface area contributed by atoms with E-state index in [9.17, 15) is 4.79 Å². The number of carbonyl (C=O) groups is 1. The molecule has 0 unspecified atom stereocenters. The summed E-state index contributed by atoms with van der Waals surface area (Å²) in [6, 6.07) is 11.6. The van der Waals surface area contributed by atoms with Crippen LogP contribution >= 0.6 is 0 Å². The number of likely N-dealkylation sites (tertiary alicyclic amines) is 1. The highest BCUT2D eigenvalue weighted by Gasteiger charge is 2.16. The lowest BCUT2D eigenvalue weighted by Gasteiger charge is -2.30. The van der Waals surface area contributed by atoms with Crippen molar-refractivity contribution >= 4 is 5.91 Å². The van der Waals surface area contributed by atoms with Crippen molar-refractivity contribution in [3.05, 3.63) is 59.5 Å². The van der Waals surface area contributed by atoms with Gasteiger partial charge in [0.1, 0.15) is 5.76 Å². The Bertz CT molecular complexity index is 619. The highest BCUT2D eigenvalue weighted by atomic mass is 16.3. The molecule has 4 nitrogen and oxygen atoms in total. The molecule has 3 rings (SSSR count). The maximum Gasteiger partial charge on any atom is 0.251 e. The quantitative estimate of drug-likeness (QED) is 0.920. The summed E-state index contributed by atoms with van der Waals surface area (Å²) >= 11 is 0. The number of furan rings is 1. The zero-order chi connectivity index (χ0) is 16.1. The van der Waals surface area contributed by atoms with Gasteiger partial charge in [-0.25, -0.2) is 0 Å². The standard InChI is InChI=1S/C19H24N2O2/c1-15-4-2-10-21(13-15)14-16-6-8-17(9-7-16)19(22)20-12-18-5-3-11-23-18/h3,5-9,11,15H,2,4,10,12-14H2,1H3,(H,20,22)/t15-/m1/s1. The molecule has 0 saturated carbocycles. The summed E-state index contributed by atoms with van der Waals surface area (Å²) in [6.45, 7) is 6.05. The lowest BCUT2D eigenvalue weighted by molar-refractivity contribution is 0.0948. The first-order valence-corrected chi connectivity index (χ1v) is 8.32. The second-order valence-electron chi connectivity index (χ2n) is 6.44. The molecule has 122 valence electrons. The van der Waals surface area contributed by atoms with E-state index in [0.29, 0.717) is 12.1 Å². The number of nitrogens with one attached hydrogen (secondary N) is 1. The highest BCUT2D eigenvalue weighted by Crippen LogP contribution is 2.18. The minimum absolute atomic E-state index is 0.0699. The molecular weight excluding hydrogens is 288 g/mol. The molecule has 1 aliphatic rings. The van der Waals surface area contributed by atoms with Gasteiger partial charge in [0.2, 0.25) is 0 Å². The molecular formula is C19H24N2O2. The second-order valence-corrected chi connectivity index (χ2v) is 6.44. The van der Waals surface area contributed by atoms with E-state index < -0.39 is 0 Å². The normalized spacial score (nSPS) is 18.7. The minimum Gasteiger partial charge on any atom is -0.467 e. The number of rotatable bonds is 5. The molecule has 23 heavy (non-hydrogen) atoms. The largest absolute Gasteiger partial charge is 0.467 e. The molecule has 0 aliphatic carbocycles. The second kappa shape index (κ2) is 7.47. The number of amides is 1. The Balaban J connectivity index is 1.52. The van der Waals surface area contributed by atoms with Crippen LogP contribution in [0.5, 0.6) is 0 Å². The van der Waals surface area contributed by atoms with Gasteiger partial charge in [-0.15, -0.1) is 0 Å². The van der Waals surface area contributed by atoms with Crippen LogP contribution in [-0.4, -0.2) is 23.9 Å². The summed E-state index contributed by atoms with van der Waals surface area (Å²) in [5, 5.41) is 2.86. The summed E-state index contributed by atoms with van der Waals surface area (Å²) in [4.78, 5) is 14.6. The SMILES string of the molecule is C[C@@H]1CCCN(Cc2ccc(C(=O)NCc3ccco3)cc2)C1. The smallest absolute Gasteiger partial charge is 0.251 e. The first-order chi connectivity index (χ1) is 11.2. The van der Waals surface area contributed by atoms with Gasteiger partial charge in [0.25, 0.3) is 5.91 Å². The molecule has 1 saturated heterocycles. The van der Waals surface area contributed by atoms with Crippen LogP contribution in [0.25, 0.3) is 0 Å². The zero-order valence-electron chi connectivity index (χ0n) is 13.6. The maximum atomic E-state index is 12.1. The van der Waals surface area contributed by atoms with Gasteiger partial charge < -0.3 is 9.73 Å². The molecule has 0 bridgehead atoms. The van der Waals surface area contributed by atoms with E-state index >= 15 is 0 Å². The molecule has 1 fully saturated rings. The molecule has 1 atom stereocenters. The van der Waals surface area contributed by atoms with E-state index in [1.807, 2.05) is 24.3 Å². The van der Waals surface area contributed by atoms with Crippen molar-refractivity contribution in [3.8, 4) is 0 Å². The number of hydrogen-bond acceptors (Lipinski definition) is 3. The fraction of sp³-hybridized carbons (Fsp3) is 0.421. The van der Waals surface area contributed by atoms with E-state index in [0.717, 1.165) is 18.2 Å². The zero-order valence-corrected chi connectivity index (χ0v) is 13.6. The van der Waals surface area contributed by atoms with Crippen molar-refractivity contribution in [1.82, 2.24) is 10.2 Å². The van der Waals surface area contributed by atoms with Crippen molar-refractivity contribution in [1.29, 1.82) is 0 Å².